The molecule has 0 N–H and O–H groups in total. The van der Waals surface area contributed by atoms with Crippen LogP contribution in [0.4, 0.5) is 0 Å². The van der Waals surface area contributed by atoms with E-state index >= 15 is 0 Å². The highest BCUT2D eigenvalue weighted by Crippen LogP contribution is 2.27. The van der Waals surface area contributed by atoms with Crippen molar-refractivity contribution in [2.24, 2.45) is 0 Å². The molecule has 0 aliphatic heterocycles. The number of rotatable bonds is 1. The van der Waals surface area contributed by atoms with Crippen molar-refractivity contribution in [2.75, 3.05) is 7.11 Å². The van der Waals surface area contributed by atoms with Gasteiger partial charge in [0.25, 0.3) is 0 Å². The van der Waals surface area contributed by atoms with E-state index in [2.05, 4.69) is 25.9 Å². The zero-order valence-electron chi connectivity index (χ0n) is 5.14. The minimum absolute atomic E-state index is 0.354. The van der Waals surface area contributed by atoms with Gasteiger partial charge in [-0.1, -0.05) is 11.6 Å². The predicted molar refractivity (Wildman–Crippen MR) is 41.3 cm³/mol. The maximum atomic E-state index is 5.61. The number of nitrogens with zero attached hydrogens (tertiary/aromatic N) is 2. The first-order valence-corrected chi connectivity index (χ1v) is 3.62. The van der Waals surface area contributed by atoms with Crippen LogP contribution in [-0.4, -0.2) is 17.1 Å². The first-order chi connectivity index (χ1) is 4.75. The van der Waals surface area contributed by atoms with E-state index in [-0.39, 0.29) is 0 Å². The number of ether oxygens (including phenoxy) is 1. The Bertz CT molecular complexity index is 243. The van der Waals surface area contributed by atoms with Gasteiger partial charge >= 0.3 is 0 Å². The normalized spacial score (nSPS) is 9.50. The van der Waals surface area contributed by atoms with Crippen LogP contribution >= 0.6 is 27.5 Å². The average Bonchev–Trinajstić information content (AvgIpc) is 1.95. The highest BCUT2D eigenvalue weighted by atomic mass is 79.9. The Hall–Kier alpha value is -0.350. The highest BCUT2D eigenvalue weighted by Gasteiger charge is 2.04. The van der Waals surface area contributed by atoms with Crippen molar-refractivity contribution in [1.29, 1.82) is 0 Å². The maximum absolute atomic E-state index is 5.61. The molecule has 0 saturated carbocycles. The summed E-state index contributed by atoms with van der Waals surface area (Å²) in [6.07, 6.45) is 1.34. The van der Waals surface area contributed by atoms with E-state index in [1.54, 1.807) is 0 Å². The molecule has 0 saturated heterocycles. The third-order valence-electron chi connectivity index (χ3n) is 0.908. The van der Waals surface area contributed by atoms with Crippen LogP contribution in [-0.2, 0) is 0 Å². The van der Waals surface area contributed by atoms with Gasteiger partial charge in [-0.2, -0.15) is 0 Å². The lowest BCUT2D eigenvalue weighted by atomic mass is 10.6. The smallest absolute Gasteiger partial charge is 0.232 e. The molecule has 0 spiro atoms. The van der Waals surface area contributed by atoms with Crippen LogP contribution in [0.25, 0.3) is 0 Å². The molecule has 0 amide bonds. The molecule has 1 aromatic heterocycles. The standard InChI is InChI=1S/C5H4BrClN2O/c1-10-5-3(6)4(7)8-2-9-5/h2H,1H3. The highest BCUT2D eigenvalue weighted by molar-refractivity contribution is 9.10. The summed E-state index contributed by atoms with van der Waals surface area (Å²) in [5.41, 5.74) is 0. The van der Waals surface area contributed by atoms with E-state index in [0.29, 0.717) is 15.5 Å². The number of hydrogen-bond acceptors (Lipinski definition) is 3. The second kappa shape index (κ2) is 3.16. The van der Waals surface area contributed by atoms with Crippen LogP contribution in [0.1, 0.15) is 0 Å². The molecule has 1 heterocycles. The fourth-order valence-electron chi connectivity index (χ4n) is 0.476. The second-order valence-electron chi connectivity index (χ2n) is 1.49. The molecule has 0 radical (unpaired) electrons. The quantitative estimate of drug-likeness (QED) is 0.682. The molecule has 54 valence electrons. The molecule has 0 aliphatic carbocycles. The summed E-state index contributed by atoms with van der Waals surface area (Å²) < 4.78 is 5.43. The molecule has 1 rings (SSSR count). The summed E-state index contributed by atoms with van der Waals surface area (Å²) in [6.45, 7) is 0. The summed E-state index contributed by atoms with van der Waals surface area (Å²) in [5.74, 6) is 0.444. The minimum atomic E-state index is 0.354. The van der Waals surface area contributed by atoms with Crippen LogP contribution in [0.15, 0.2) is 10.8 Å². The third kappa shape index (κ3) is 1.38. The van der Waals surface area contributed by atoms with Crippen LogP contribution in [0.5, 0.6) is 5.88 Å². The van der Waals surface area contributed by atoms with Crippen molar-refractivity contribution in [2.45, 2.75) is 0 Å². The number of hydrogen-bond donors (Lipinski definition) is 0. The number of aromatic nitrogens is 2. The Balaban J connectivity index is 3.14. The lowest BCUT2D eigenvalue weighted by Gasteiger charge is -1.99. The molecule has 3 nitrogen and oxygen atoms in total. The van der Waals surface area contributed by atoms with Crippen molar-refractivity contribution in [3.8, 4) is 5.88 Å². The van der Waals surface area contributed by atoms with E-state index in [0.717, 1.165) is 0 Å². The zero-order chi connectivity index (χ0) is 7.56. The Labute approximate surface area is 71.5 Å². The Kier molecular flexibility index (Phi) is 2.45. The lowest BCUT2D eigenvalue weighted by molar-refractivity contribution is 0.394. The summed E-state index contributed by atoms with van der Waals surface area (Å²) in [5, 5.41) is 0.354. The van der Waals surface area contributed by atoms with E-state index in [1.165, 1.54) is 13.4 Å². The summed E-state index contributed by atoms with van der Waals surface area (Å²) in [6, 6.07) is 0. The Morgan fingerprint density at radius 1 is 1.60 bits per heavy atom. The minimum Gasteiger partial charge on any atom is -0.480 e. The van der Waals surface area contributed by atoms with E-state index < -0.39 is 0 Å². The summed E-state index contributed by atoms with van der Waals surface area (Å²) in [7, 11) is 1.52. The van der Waals surface area contributed by atoms with Crippen molar-refractivity contribution < 1.29 is 4.74 Å². The fraction of sp³-hybridized carbons (Fsp3) is 0.200. The van der Waals surface area contributed by atoms with Crippen molar-refractivity contribution in [1.82, 2.24) is 9.97 Å². The van der Waals surface area contributed by atoms with Gasteiger partial charge in [-0.3, -0.25) is 0 Å². The largest absolute Gasteiger partial charge is 0.480 e. The topological polar surface area (TPSA) is 35.0 Å². The number of methoxy groups -OCH3 is 1. The fourth-order valence-corrected chi connectivity index (χ4v) is 0.967. The molecule has 0 aromatic carbocycles. The van der Waals surface area contributed by atoms with Gasteiger partial charge in [0.05, 0.1) is 7.11 Å². The van der Waals surface area contributed by atoms with Gasteiger partial charge in [0.1, 0.15) is 10.8 Å². The molecule has 10 heavy (non-hydrogen) atoms. The Morgan fingerprint density at radius 3 is 2.80 bits per heavy atom. The summed E-state index contributed by atoms with van der Waals surface area (Å²) >= 11 is 8.77. The molecule has 0 bridgehead atoms. The van der Waals surface area contributed by atoms with Gasteiger partial charge in [0.15, 0.2) is 5.15 Å². The van der Waals surface area contributed by atoms with Gasteiger partial charge in [0.2, 0.25) is 5.88 Å². The number of halogens is 2. The lowest BCUT2D eigenvalue weighted by Crippen LogP contribution is -1.90. The van der Waals surface area contributed by atoms with E-state index in [4.69, 9.17) is 16.3 Å². The van der Waals surface area contributed by atoms with E-state index in [1.807, 2.05) is 0 Å². The third-order valence-corrected chi connectivity index (χ3v) is 2.14. The molecule has 0 aliphatic rings. The average molecular weight is 223 g/mol. The maximum Gasteiger partial charge on any atom is 0.232 e. The molecule has 0 atom stereocenters. The van der Waals surface area contributed by atoms with Gasteiger partial charge in [-0.15, -0.1) is 0 Å². The first-order valence-electron chi connectivity index (χ1n) is 2.45. The Morgan fingerprint density at radius 2 is 2.30 bits per heavy atom. The van der Waals surface area contributed by atoms with Crippen molar-refractivity contribution in [3.05, 3.63) is 16.0 Å². The van der Waals surface area contributed by atoms with Crippen LogP contribution in [0.2, 0.25) is 5.15 Å². The first kappa shape index (κ1) is 7.75. The van der Waals surface area contributed by atoms with Crippen LogP contribution < -0.4 is 4.74 Å². The molecule has 0 unspecified atom stereocenters. The molecule has 0 fully saturated rings. The van der Waals surface area contributed by atoms with Gasteiger partial charge in [0, 0.05) is 0 Å². The SMILES string of the molecule is COc1ncnc(Cl)c1Br. The van der Waals surface area contributed by atoms with Crippen LogP contribution in [0, 0.1) is 0 Å². The molecular weight excluding hydrogens is 219 g/mol. The monoisotopic (exact) mass is 222 g/mol. The van der Waals surface area contributed by atoms with Gasteiger partial charge in [-0.05, 0) is 15.9 Å². The summed E-state index contributed by atoms with van der Waals surface area (Å²) in [4.78, 5) is 7.51. The molecule has 1 aromatic rings. The van der Waals surface area contributed by atoms with Gasteiger partial charge in [-0.25, -0.2) is 9.97 Å². The van der Waals surface area contributed by atoms with E-state index in [9.17, 15) is 0 Å². The molecule has 5 heteroatoms. The molecular formula is C5H4BrClN2O. The van der Waals surface area contributed by atoms with Crippen molar-refractivity contribution >= 4 is 27.5 Å². The second-order valence-corrected chi connectivity index (χ2v) is 2.64. The van der Waals surface area contributed by atoms with Crippen LogP contribution in [0.3, 0.4) is 0 Å². The van der Waals surface area contributed by atoms with Gasteiger partial charge < -0.3 is 4.74 Å². The van der Waals surface area contributed by atoms with Crippen molar-refractivity contribution in [3.63, 3.8) is 0 Å². The predicted octanol–water partition coefficient (Wildman–Crippen LogP) is 1.90. The zero-order valence-corrected chi connectivity index (χ0v) is 7.48.